The number of nitrogens with two attached hydrogens (primary N) is 1. The third kappa shape index (κ3) is 3.57. The number of hydrogen-bond donors (Lipinski definition) is 2. The SMILES string of the molecule is CCc1ccccc1NC(=O)CCc1c(C)nc2nc(CN)nn2c1C. The first kappa shape index (κ1) is 18.0. The number of amides is 1. The van der Waals surface area contributed by atoms with Crippen LogP contribution in [0, 0.1) is 13.8 Å². The van der Waals surface area contributed by atoms with Crippen LogP contribution in [0.15, 0.2) is 24.3 Å². The van der Waals surface area contributed by atoms with Gasteiger partial charge in [-0.3, -0.25) is 4.79 Å². The van der Waals surface area contributed by atoms with Crippen LogP contribution in [0.3, 0.4) is 0 Å². The molecule has 2 aromatic heterocycles. The predicted octanol–water partition coefficient (Wildman–Crippen LogP) is 2.33. The fraction of sp³-hybridized carbons (Fsp3) is 0.368. The first-order valence-corrected chi connectivity index (χ1v) is 8.83. The number of benzene rings is 1. The summed E-state index contributed by atoms with van der Waals surface area (Å²) in [7, 11) is 0. The fourth-order valence-electron chi connectivity index (χ4n) is 3.10. The van der Waals surface area contributed by atoms with Crippen molar-refractivity contribution < 1.29 is 4.79 Å². The molecule has 2 heterocycles. The van der Waals surface area contributed by atoms with Crippen molar-refractivity contribution in [3.8, 4) is 0 Å². The van der Waals surface area contributed by atoms with Crippen molar-refractivity contribution in [3.05, 3.63) is 52.6 Å². The van der Waals surface area contributed by atoms with Gasteiger partial charge in [0.25, 0.3) is 5.78 Å². The molecule has 1 aromatic carbocycles. The summed E-state index contributed by atoms with van der Waals surface area (Å²) >= 11 is 0. The number of carbonyl (C=O) groups is 1. The van der Waals surface area contributed by atoms with Crippen LogP contribution in [0.5, 0.6) is 0 Å². The Hall–Kier alpha value is -2.80. The molecule has 0 saturated carbocycles. The van der Waals surface area contributed by atoms with Gasteiger partial charge in [0.1, 0.15) is 0 Å². The van der Waals surface area contributed by atoms with E-state index in [4.69, 9.17) is 5.73 Å². The summed E-state index contributed by atoms with van der Waals surface area (Å²) in [6.45, 7) is 6.25. The lowest BCUT2D eigenvalue weighted by molar-refractivity contribution is -0.116. The van der Waals surface area contributed by atoms with Crippen LogP contribution >= 0.6 is 0 Å². The molecule has 3 aromatic rings. The second-order valence-corrected chi connectivity index (χ2v) is 6.26. The Morgan fingerprint density at radius 3 is 2.73 bits per heavy atom. The lowest BCUT2D eigenvalue weighted by atomic mass is 10.1. The number of para-hydroxylation sites is 1. The number of carbonyl (C=O) groups excluding carboxylic acids is 1. The van der Waals surface area contributed by atoms with Crippen LogP contribution in [-0.4, -0.2) is 25.5 Å². The molecule has 0 radical (unpaired) electrons. The summed E-state index contributed by atoms with van der Waals surface area (Å²) in [5.41, 5.74) is 10.5. The van der Waals surface area contributed by atoms with Crippen molar-refractivity contribution in [1.29, 1.82) is 0 Å². The smallest absolute Gasteiger partial charge is 0.252 e. The van der Waals surface area contributed by atoms with Gasteiger partial charge in [-0.25, -0.2) is 9.50 Å². The number of hydrogen-bond acceptors (Lipinski definition) is 5. The minimum absolute atomic E-state index is 0.00830. The van der Waals surface area contributed by atoms with Gasteiger partial charge in [-0.05, 0) is 43.9 Å². The van der Waals surface area contributed by atoms with Crippen LogP contribution in [-0.2, 0) is 24.2 Å². The third-order valence-electron chi connectivity index (χ3n) is 4.55. The van der Waals surface area contributed by atoms with E-state index in [9.17, 15) is 4.79 Å². The predicted molar refractivity (Wildman–Crippen MR) is 101 cm³/mol. The normalized spacial score (nSPS) is 11.1. The summed E-state index contributed by atoms with van der Waals surface area (Å²) in [5, 5.41) is 7.38. The fourth-order valence-corrected chi connectivity index (χ4v) is 3.10. The lowest BCUT2D eigenvalue weighted by Crippen LogP contribution is -2.15. The molecule has 0 aliphatic carbocycles. The van der Waals surface area contributed by atoms with Crippen molar-refractivity contribution in [2.24, 2.45) is 5.73 Å². The minimum Gasteiger partial charge on any atom is -0.326 e. The zero-order chi connectivity index (χ0) is 18.7. The highest BCUT2D eigenvalue weighted by atomic mass is 16.1. The number of nitrogens with zero attached hydrogens (tertiary/aromatic N) is 4. The van der Waals surface area contributed by atoms with Crippen LogP contribution in [0.4, 0.5) is 5.69 Å². The molecule has 26 heavy (non-hydrogen) atoms. The number of nitrogens with one attached hydrogen (secondary N) is 1. The van der Waals surface area contributed by atoms with Crippen LogP contribution in [0.1, 0.15) is 41.7 Å². The Kier molecular flexibility index (Phi) is 5.27. The average Bonchev–Trinajstić information content (AvgIpc) is 3.05. The van der Waals surface area contributed by atoms with E-state index in [1.165, 1.54) is 0 Å². The van der Waals surface area contributed by atoms with Crippen molar-refractivity contribution in [3.63, 3.8) is 0 Å². The van der Waals surface area contributed by atoms with Gasteiger partial charge in [0.05, 0.1) is 6.54 Å². The molecule has 7 nitrogen and oxygen atoms in total. The summed E-state index contributed by atoms with van der Waals surface area (Å²) in [6, 6.07) is 7.88. The molecular weight excluding hydrogens is 328 g/mol. The Labute approximate surface area is 152 Å². The zero-order valence-electron chi connectivity index (χ0n) is 15.4. The molecule has 0 aliphatic rings. The second-order valence-electron chi connectivity index (χ2n) is 6.26. The topological polar surface area (TPSA) is 98.2 Å². The molecule has 0 saturated heterocycles. The molecule has 0 aliphatic heterocycles. The first-order chi connectivity index (χ1) is 12.5. The Morgan fingerprint density at radius 1 is 1.23 bits per heavy atom. The van der Waals surface area contributed by atoms with E-state index >= 15 is 0 Å². The van der Waals surface area contributed by atoms with E-state index in [1.54, 1.807) is 4.52 Å². The number of aryl methyl sites for hydroxylation is 3. The number of aromatic nitrogens is 4. The highest BCUT2D eigenvalue weighted by Gasteiger charge is 2.14. The van der Waals surface area contributed by atoms with Gasteiger partial charge >= 0.3 is 0 Å². The molecule has 0 bridgehead atoms. The summed E-state index contributed by atoms with van der Waals surface area (Å²) in [6.07, 6.45) is 1.86. The van der Waals surface area contributed by atoms with Gasteiger partial charge in [0, 0.05) is 23.5 Å². The van der Waals surface area contributed by atoms with E-state index in [0.29, 0.717) is 24.4 Å². The Bertz CT molecular complexity index is 947. The maximum Gasteiger partial charge on any atom is 0.252 e. The van der Waals surface area contributed by atoms with Gasteiger partial charge < -0.3 is 11.1 Å². The average molecular weight is 352 g/mol. The molecule has 3 N–H and O–H groups in total. The van der Waals surface area contributed by atoms with Gasteiger partial charge in [-0.1, -0.05) is 25.1 Å². The monoisotopic (exact) mass is 352 g/mol. The largest absolute Gasteiger partial charge is 0.326 e. The lowest BCUT2D eigenvalue weighted by Gasteiger charge is -2.12. The second kappa shape index (κ2) is 7.61. The van der Waals surface area contributed by atoms with E-state index in [2.05, 4.69) is 27.3 Å². The molecule has 136 valence electrons. The molecule has 0 fully saturated rings. The highest BCUT2D eigenvalue weighted by molar-refractivity contribution is 5.91. The highest BCUT2D eigenvalue weighted by Crippen LogP contribution is 2.18. The van der Waals surface area contributed by atoms with Gasteiger partial charge in [-0.2, -0.15) is 4.98 Å². The molecule has 3 rings (SSSR count). The maximum absolute atomic E-state index is 12.4. The molecular formula is C19H24N6O. The third-order valence-corrected chi connectivity index (χ3v) is 4.55. The van der Waals surface area contributed by atoms with E-state index in [1.807, 2.05) is 38.1 Å². The molecule has 1 amide bonds. The molecule has 0 unspecified atom stereocenters. The van der Waals surface area contributed by atoms with Gasteiger partial charge in [0.15, 0.2) is 5.82 Å². The standard InChI is InChI=1S/C19H24N6O/c1-4-14-7-5-6-8-16(14)22-18(26)10-9-15-12(2)21-19-23-17(11-20)24-25(19)13(15)3/h5-8H,4,9-11,20H2,1-3H3,(H,22,26). The number of fused-ring (bicyclic) bond motifs is 1. The molecule has 0 atom stereocenters. The van der Waals surface area contributed by atoms with Crippen LogP contribution in [0.25, 0.3) is 5.78 Å². The Balaban J connectivity index is 1.75. The van der Waals surface area contributed by atoms with Crippen molar-refractivity contribution >= 4 is 17.4 Å². The number of anilines is 1. The van der Waals surface area contributed by atoms with E-state index in [-0.39, 0.29) is 12.5 Å². The van der Waals surface area contributed by atoms with Gasteiger partial charge in [0.2, 0.25) is 5.91 Å². The minimum atomic E-state index is -0.00830. The van der Waals surface area contributed by atoms with Crippen LogP contribution in [0.2, 0.25) is 0 Å². The van der Waals surface area contributed by atoms with E-state index < -0.39 is 0 Å². The number of rotatable bonds is 6. The molecule has 7 heteroatoms. The first-order valence-electron chi connectivity index (χ1n) is 8.83. The Morgan fingerprint density at radius 2 is 2.00 bits per heavy atom. The van der Waals surface area contributed by atoms with Crippen molar-refractivity contribution in [2.45, 2.75) is 46.6 Å². The zero-order valence-corrected chi connectivity index (χ0v) is 15.4. The summed E-state index contributed by atoms with van der Waals surface area (Å²) < 4.78 is 1.70. The van der Waals surface area contributed by atoms with Gasteiger partial charge in [-0.15, -0.1) is 5.10 Å². The van der Waals surface area contributed by atoms with Crippen molar-refractivity contribution in [2.75, 3.05) is 5.32 Å². The van der Waals surface area contributed by atoms with E-state index in [0.717, 1.165) is 34.6 Å². The molecule has 0 spiro atoms. The maximum atomic E-state index is 12.4. The summed E-state index contributed by atoms with van der Waals surface area (Å²) in [4.78, 5) is 21.2. The quantitative estimate of drug-likeness (QED) is 0.709. The van der Waals surface area contributed by atoms with Crippen LogP contribution < -0.4 is 11.1 Å². The van der Waals surface area contributed by atoms with Crippen molar-refractivity contribution in [1.82, 2.24) is 19.6 Å². The summed E-state index contributed by atoms with van der Waals surface area (Å²) in [5.74, 6) is 1.10.